The van der Waals surface area contributed by atoms with Gasteiger partial charge in [0.05, 0.1) is 12.8 Å². The van der Waals surface area contributed by atoms with E-state index in [0.29, 0.717) is 11.2 Å². The topological polar surface area (TPSA) is 25.4 Å². The molecule has 2 bridgehead atoms. The molecule has 1 aromatic heterocycles. The second-order valence-corrected chi connectivity index (χ2v) is 6.33. The Morgan fingerprint density at radius 3 is 2.59 bits per heavy atom. The fourth-order valence-corrected chi connectivity index (χ4v) is 3.85. The Hall–Kier alpha value is -1.94. The number of hydrogen-bond donors (Lipinski definition) is 0. The van der Waals surface area contributed by atoms with Gasteiger partial charge >= 0.3 is 0 Å². The van der Waals surface area contributed by atoms with Crippen LogP contribution in [0.3, 0.4) is 0 Å². The van der Waals surface area contributed by atoms with Gasteiger partial charge in [-0.05, 0) is 49.7 Å². The van der Waals surface area contributed by atoms with Crippen LogP contribution in [0.1, 0.15) is 18.4 Å². The van der Waals surface area contributed by atoms with Crippen LogP contribution >= 0.6 is 0 Å². The van der Waals surface area contributed by atoms with E-state index < -0.39 is 0 Å². The molecule has 0 aliphatic carbocycles. The first kappa shape index (κ1) is 13.7. The van der Waals surface area contributed by atoms with E-state index in [0.717, 1.165) is 17.8 Å². The van der Waals surface area contributed by atoms with Crippen molar-refractivity contribution in [3.63, 3.8) is 0 Å². The minimum Gasteiger partial charge on any atom is -0.496 e. The lowest BCUT2D eigenvalue weighted by Crippen LogP contribution is -2.24. The molecule has 0 amide bonds. The van der Waals surface area contributed by atoms with Crippen LogP contribution in [0.25, 0.3) is 11.3 Å². The number of pyridine rings is 1. The summed E-state index contributed by atoms with van der Waals surface area (Å²) in [7, 11) is 1.55. The van der Waals surface area contributed by atoms with Gasteiger partial charge in [-0.1, -0.05) is 6.07 Å². The van der Waals surface area contributed by atoms with Gasteiger partial charge in [0.25, 0.3) is 0 Å². The summed E-state index contributed by atoms with van der Waals surface area (Å²) in [6.07, 6.45) is 4.45. The van der Waals surface area contributed by atoms with Crippen LogP contribution in [0.15, 0.2) is 36.5 Å². The maximum absolute atomic E-state index is 13.3. The zero-order valence-corrected chi connectivity index (χ0v) is 12.7. The van der Waals surface area contributed by atoms with Gasteiger partial charge in [-0.3, -0.25) is 4.98 Å². The van der Waals surface area contributed by atoms with Gasteiger partial charge in [-0.2, -0.15) is 0 Å². The molecule has 0 N–H and O–H groups in total. The van der Waals surface area contributed by atoms with Gasteiger partial charge in [-0.25, -0.2) is 4.39 Å². The molecule has 0 unspecified atom stereocenters. The number of halogens is 1. The number of fused-ring (bicyclic) bond motifs is 2. The number of nitrogens with zero attached hydrogens (tertiary/aromatic N) is 2. The number of hydrogen-bond acceptors (Lipinski definition) is 3. The first-order chi connectivity index (χ1) is 10.7. The van der Waals surface area contributed by atoms with Crippen LogP contribution in [0.4, 0.5) is 4.39 Å². The molecular formula is C18H19FN2O. The van der Waals surface area contributed by atoms with Crippen LogP contribution in [0, 0.1) is 5.82 Å². The van der Waals surface area contributed by atoms with Gasteiger partial charge in [0.15, 0.2) is 0 Å². The quantitative estimate of drug-likeness (QED) is 0.870. The molecule has 2 aliphatic rings. The molecule has 1 aromatic carbocycles. The average molecular weight is 298 g/mol. The zero-order chi connectivity index (χ0) is 15.2. The van der Waals surface area contributed by atoms with Crippen molar-refractivity contribution in [1.82, 2.24) is 9.88 Å². The first-order valence-corrected chi connectivity index (χ1v) is 7.73. The van der Waals surface area contributed by atoms with E-state index in [1.807, 2.05) is 12.3 Å². The lowest BCUT2D eigenvalue weighted by Gasteiger charge is -2.25. The van der Waals surface area contributed by atoms with Crippen LogP contribution in [0.2, 0.25) is 0 Å². The molecule has 4 rings (SSSR count). The van der Waals surface area contributed by atoms with E-state index in [1.54, 1.807) is 13.2 Å². The summed E-state index contributed by atoms with van der Waals surface area (Å²) in [5, 5.41) is 0. The van der Waals surface area contributed by atoms with E-state index in [9.17, 15) is 4.39 Å². The van der Waals surface area contributed by atoms with Crippen LogP contribution in [0.5, 0.6) is 5.75 Å². The minimum atomic E-state index is -0.298. The van der Waals surface area contributed by atoms with Crippen molar-refractivity contribution in [3.05, 3.63) is 47.9 Å². The fraction of sp³-hybridized carbons (Fsp3) is 0.389. The van der Waals surface area contributed by atoms with Crippen molar-refractivity contribution < 1.29 is 9.13 Å². The van der Waals surface area contributed by atoms with Crippen molar-refractivity contribution in [2.45, 2.75) is 18.3 Å². The third-order valence-electron chi connectivity index (χ3n) is 5.15. The second-order valence-electron chi connectivity index (χ2n) is 6.33. The number of rotatable bonds is 3. The molecule has 114 valence electrons. The number of ether oxygens (including phenoxy) is 1. The molecule has 22 heavy (non-hydrogen) atoms. The van der Waals surface area contributed by atoms with Crippen LogP contribution in [-0.2, 0) is 5.41 Å². The van der Waals surface area contributed by atoms with E-state index in [2.05, 4.69) is 16.0 Å². The minimum absolute atomic E-state index is 0.298. The largest absolute Gasteiger partial charge is 0.496 e. The highest BCUT2D eigenvalue weighted by atomic mass is 19.1. The van der Waals surface area contributed by atoms with E-state index in [1.165, 1.54) is 43.6 Å². The average Bonchev–Trinajstić information content (AvgIpc) is 3.17. The third kappa shape index (κ3) is 2.10. The summed E-state index contributed by atoms with van der Waals surface area (Å²) >= 11 is 0. The molecule has 3 heterocycles. The molecular weight excluding hydrogens is 279 g/mol. The molecule has 2 aromatic rings. The standard InChI is InChI=1S/C18H19FN2O/c1-22-17-10-14(19)3-4-15(17)16-5-2-13(11-20-16)18-6-8-21(12-18)9-7-18/h2-5,10-11H,6-9,12H2,1H3. The van der Waals surface area contributed by atoms with Gasteiger partial charge in [-0.15, -0.1) is 0 Å². The monoisotopic (exact) mass is 298 g/mol. The highest BCUT2D eigenvalue weighted by molar-refractivity contribution is 5.67. The van der Waals surface area contributed by atoms with Crippen molar-refractivity contribution in [1.29, 1.82) is 0 Å². The Kier molecular flexibility index (Phi) is 3.15. The normalized spacial score (nSPS) is 26.4. The third-order valence-corrected chi connectivity index (χ3v) is 5.15. The summed E-state index contributed by atoms with van der Waals surface area (Å²) in [6, 6.07) is 8.77. The Morgan fingerprint density at radius 1 is 1.18 bits per heavy atom. The fourth-order valence-electron chi connectivity index (χ4n) is 3.85. The van der Waals surface area contributed by atoms with Gasteiger partial charge in [0.2, 0.25) is 0 Å². The maximum atomic E-state index is 13.3. The lowest BCUT2D eigenvalue weighted by atomic mass is 9.78. The van der Waals surface area contributed by atoms with Crippen molar-refractivity contribution in [3.8, 4) is 17.0 Å². The van der Waals surface area contributed by atoms with E-state index in [4.69, 9.17) is 4.74 Å². The highest BCUT2D eigenvalue weighted by Crippen LogP contribution is 2.43. The Bertz CT molecular complexity index is 691. The van der Waals surface area contributed by atoms with Gasteiger partial charge in [0, 0.05) is 29.8 Å². The van der Waals surface area contributed by atoms with Crippen LogP contribution in [-0.4, -0.2) is 36.6 Å². The zero-order valence-electron chi connectivity index (χ0n) is 12.7. The molecule has 2 saturated heterocycles. The first-order valence-electron chi connectivity index (χ1n) is 7.73. The summed E-state index contributed by atoms with van der Waals surface area (Å²) in [6.45, 7) is 3.56. The van der Waals surface area contributed by atoms with E-state index in [-0.39, 0.29) is 5.82 Å². The number of piperidine rings is 1. The molecule has 4 heteroatoms. The smallest absolute Gasteiger partial charge is 0.131 e. The number of aromatic nitrogens is 1. The Labute approximate surface area is 129 Å². The van der Waals surface area contributed by atoms with Crippen molar-refractivity contribution in [2.75, 3.05) is 26.7 Å². The maximum Gasteiger partial charge on any atom is 0.131 e. The summed E-state index contributed by atoms with van der Waals surface area (Å²) in [4.78, 5) is 7.15. The van der Waals surface area contributed by atoms with Gasteiger partial charge < -0.3 is 9.64 Å². The Morgan fingerprint density at radius 2 is 2.00 bits per heavy atom. The SMILES string of the molecule is COc1cc(F)ccc1-c1ccc(C23CCN(CC2)C3)cn1. The molecule has 0 atom stereocenters. The molecule has 2 aliphatic heterocycles. The predicted octanol–water partition coefficient (Wildman–Crippen LogP) is 3.24. The summed E-state index contributed by atoms with van der Waals surface area (Å²) in [5.74, 6) is 0.222. The molecule has 0 radical (unpaired) electrons. The predicted molar refractivity (Wildman–Crippen MR) is 83.5 cm³/mol. The number of methoxy groups -OCH3 is 1. The van der Waals surface area contributed by atoms with Crippen molar-refractivity contribution >= 4 is 0 Å². The molecule has 0 saturated carbocycles. The Balaban J connectivity index is 1.68. The summed E-state index contributed by atoms with van der Waals surface area (Å²) < 4.78 is 18.6. The van der Waals surface area contributed by atoms with E-state index >= 15 is 0 Å². The molecule has 2 fully saturated rings. The van der Waals surface area contributed by atoms with Crippen LogP contribution < -0.4 is 4.74 Å². The van der Waals surface area contributed by atoms with Crippen molar-refractivity contribution in [2.24, 2.45) is 0 Å². The summed E-state index contributed by atoms with van der Waals surface area (Å²) in [5.41, 5.74) is 3.29. The second kappa shape index (κ2) is 5.06. The molecule has 0 spiro atoms. The number of benzene rings is 1. The van der Waals surface area contributed by atoms with Gasteiger partial charge in [0.1, 0.15) is 11.6 Å². The highest BCUT2D eigenvalue weighted by Gasteiger charge is 2.44. The lowest BCUT2D eigenvalue weighted by molar-refractivity contribution is 0.364. The molecule has 3 nitrogen and oxygen atoms in total.